The number of fused-ring (bicyclic) bond motifs is 1. The number of nitrogens with zero attached hydrogens (tertiary/aromatic N) is 4. The van der Waals surface area contributed by atoms with Crippen molar-refractivity contribution in [3.63, 3.8) is 0 Å². The van der Waals surface area contributed by atoms with Crippen molar-refractivity contribution in [1.82, 2.24) is 14.8 Å². The van der Waals surface area contributed by atoms with Crippen LogP contribution in [0, 0.1) is 11.3 Å². The summed E-state index contributed by atoms with van der Waals surface area (Å²) in [6.07, 6.45) is 1.48. The maximum absolute atomic E-state index is 9.32. The third kappa shape index (κ3) is 1.86. The standard InChI is InChI=1S/C12H9BrN6/c13-8-3-1-7(2-4-8)10-9(5-14)11(15)19-6-16-18-12(19)17-10/h1-4,6,10H,15H2,(H,17,18). The van der Waals surface area contributed by atoms with E-state index in [4.69, 9.17) is 5.73 Å². The minimum atomic E-state index is -0.310. The molecule has 1 aliphatic heterocycles. The molecular formula is C12H9BrN6. The third-order valence-corrected chi connectivity index (χ3v) is 3.50. The number of rotatable bonds is 1. The number of halogens is 1. The van der Waals surface area contributed by atoms with Crippen molar-refractivity contribution in [2.24, 2.45) is 5.73 Å². The van der Waals surface area contributed by atoms with Gasteiger partial charge in [0.2, 0.25) is 5.95 Å². The Labute approximate surface area is 117 Å². The van der Waals surface area contributed by atoms with Gasteiger partial charge in [0, 0.05) is 4.47 Å². The lowest BCUT2D eigenvalue weighted by Gasteiger charge is -2.25. The van der Waals surface area contributed by atoms with Gasteiger partial charge < -0.3 is 11.1 Å². The molecule has 1 aromatic carbocycles. The van der Waals surface area contributed by atoms with Crippen molar-refractivity contribution in [3.05, 3.63) is 46.2 Å². The summed E-state index contributed by atoms with van der Waals surface area (Å²) >= 11 is 3.38. The molecule has 2 heterocycles. The van der Waals surface area contributed by atoms with Gasteiger partial charge in [0.1, 0.15) is 18.2 Å². The van der Waals surface area contributed by atoms with Gasteiger partial charge in [-0.3, -0.25) is 4.57 Å². The quantitative estimate of drug-likeness (QED) is 0.837. The molecule has 1 aliphatic rings. The van der Waals surface area contributed by atoms with Gasteiger partial charge in [-0.25, -0.2) is 0 Å². The monoisotopic (exact) mass is 316 g/mol. The first kappa shape index (κ1) is 11.7. The third-order valence-electron chi connectivity index (χ3n) is 2.97. The zero-order chi connectivity index (χ0) is 13.4. The summed E-state index contributed by atoms with van der Waals surface area (Å²) in [4.78, 5) is 0. The van der Waals surface area contributed by atoms with Crippen LogP contribution < -0.4 is 11.1 Å². The van der Waals surface area contributed by atoms with Crippen LogP contribution in [0.4, 0.5) is 5.95 Å². The molecule has 0 amide bonds. The molecule has 3 N–H and O–H groups in total. The summed E-state index contributed by atoms with van der Waals surface area (Å²) in [5.74, 6) is 0.888. The number of nitriles is 1. The fourth-order valence-electron chi connectivity index (χ4n) is 2.02. The highest BCUT2D eigenvalue weighted by Gasteiger charge is 2.27. The van der Waals surface area contributed by atoms with Crippen molar-refractivity contribution in [3.8, 4) is 6.07 Å². The molecule has 19 heavy (non-hydrogen) atoms. The SMILES string of the molecule is N#CC1=C(N)n2cnnc2NC1c1ccc(Br)cc1. The summed E-state index contributed by atoms with van der Waals surface area (Å²) in [6.45, 7) is 0. The van der Waals surface area contributed by atoms with E-state index in [9.17, 15) is 5.26 Å². The summed E-state index contributed by atoms with van der Waals surface area (Å²) < 4.78 is 2.54. The van der Waals surface area contributed by atoms with Crippen LogP contribution in [0.5, 0.6) is 0 Å². The van der Waals surface area contributed by atoms with E-state index in [1.807, 2.05) is 24.3 Å². The van der Waals surface area contributed by atoms with Crippen molar-refractivity contribution in [1.29, 1.82) is 5.26 Å². The van der Waals surface area contributed by atoms with Gasteiger partial charge in [0.05, 0.1) is 11.6 Å². The molecule has 1 unspecified atom stereocenters. The van der Waals surface area contributed by atoms with Gasteiger partial charge in [-0.05, 0) is 17.7 Å². The van der Waals surface area contributed by atoms with E-state index >= 15 is 0 Å². The van der Waals surface area contributed by atoms with Crippen LogP contribution in [0.1, 0.15) is 11.6 Å². The Morgan fingerprint density at radius 3 is 2.79 bits per heavy atom. The zero-order valence-corrected chi connectivity index (χ0v) is 11.3. The fourth-order valence-corrected chi connectivity index (χ4v) is 2.28. The number of aromatic nitrogens is 3. The first-order chi connectivity index (χ1) is 9.20. The highest BCUT2D eigenvalue weighted by molar-refractivity contribution is 9.10. The number of nitrogens with one attached hydrogen (secondary N) is 1. The first-order valence-corrected chi connectivity index (χ1v) is 6.32. The highest BCUT2D eigenvalue weighted by atomic mass is 79.9. The molecule has 0 saturated carbocycles. The number of hydrogen-bond acceptors (Lipinski definition) is 5. The van der Waals surface area contributed by atoms with E-state index in [-0.39, 0.29) is 6.04 Å². The van der Waals surface area contributed by atoms with Crippen LogP contribution in [0.25, 0.3) is 5.82 Å². The van der Waals surface area contributed by atoms with Gasteiger partial charge in [0.15, 0.2) is 0 Å². The molecule has 1 aromatic heterocycles. The van der Waals surface area contributed by atoms with E-state index in [0.717, 1.165) is 10.0 Å². The first-order valence-electron chi connectivity index (χ1n) is 5.53. The smallest absolute Gasteiger partial charge is 0.231 e. The van der Waals surface area contributed by atoms with E-state index in [0.29, 0.717) is 17.3 Å². The largest absolute Gasteiger partial charge is 0.384 e. The van der Waals surface area contributed by atoms with Crippen LogP contribution in [0.3, 0.4) is 0 Å². The maximum Gasteiger partial charge on any atom is 0.231 e. The Hall–Kier alpha value is -2.33. The molecule has 0 aliphatic carbocycles. The molecule has 0 fully saturated rings. The summed E-state index contributed by atoms with van der Waals surface area (Å²) in [5.41, 5.74) is 7.39. The van der Waals surface area contributed by atoms with E-state index in [1.165, 1.54) is 6.33 Å². The lowest BCUT2D eigenvalue weighted by atomic mass is 9.98. The Kier molecular flexibility index (Phi) is 2.72. The number of anilines is 1. The molecule has 0 bridgehead atoms. The van der Waals surface area contributed by atoms with Gasteiger partial charge in [-0.1, -0.05) is 28.1 Å². The lowest BCUT2D eigenvalue weighted by molar-refractivity contribution is 0.848. The summed E-state index contributed by atoms with van der Waals surface area (Å²) in [7, 11) is 0. The molecule has 3 rings (SSSR count). The van der Waals surface area contributed by atoms with E-state index in [1.54, 1.807) is 4.57 Å². The van der Waals surface area contributed by atoms with Gasteiger partial charge in [-0.15, -0.1) is 10.2 Å². The molecule has 0 saturated heterocycles. The molecule has 2 aromatic rings. The number of hydrogen-bond donors (Lipinski definition) is 2. The average Bonchev–Trinajstić information content (AvgIpc) is 2.88. The van der Waals surface area contributed by atoms with Crippen molar-refractivity contribution in [2.75, 3.05) is 5.32 Å². The molecule has 1 atom stereocenters. The summed E-state index contributed by atoms with van der Waals surface area (Å²) in [5, 5.41) is 20.2. The van der Waals surface area contributed by atoms with Crippen molar-refractivity contribution < 1.29 is 0 Å². The predicted octanol–water partition coefficient (Wildman–Crippen LogP) is 1.86. The van der Waals surface area contributed by atoms with Gasteiger partial charge in [0.25, 0.3) is 0 Å². The Morgan fingerprint density at radius 2 is 2.11 bits per heavy atom. The number of nitrogens with two attached hydrogens (primary N) is 1. The molecule has 0 radical (unpaired) electrons. The zero-order valence-electron chi connectivity index (χ0n) is 9.71. The van der Waals surface area contributed by atoms with Crippen LogP contribution in [-0.4, -0.2) is 14.8 Å². The second-order valence-electron chi connectivity index (χ2n) is 4.06. The topological polar surface area (TPSA) is 92.5 Å². The Bertz CT molecular complexity index is 694. The molecule has 0 spiro atoms. The Balaban J connectivity index is 2.11. The van der Waals surface area contributed by atoms with Crippen LogP contribution in [-0.2, 0) is 0 Å². The van der Waals surface area contributed by atoms with Crippen molar-refractivity contribution in [2.45, 2.75) is 6.04 Å². The molecule has 6 nitrogen and oxygen atoms in total. The van der Waals surface area contributed by atoms with Crippen molar-refractivity contribution >= 4 is 27.7 Å². The van der Waals surface area contributed by atoms with E-state index < -0.39 is 0 Å². The predicted molar refractivity (Wildman–Crippen MR) is 73.5 cm³/mol. The second kappa shape index (κ2) is 4.40. The van der Waals surface area contributed by atoms with Crippen LogP contribution in [0.2, 0.25) is 0 Å². The molecule has 7 heteroatoms. The normalized spacial score (nSPS) is 17.6. The Morgan fingerprint density at radius 1 is 1.37 bits per heavy atom. The second-order valence-corrected chi connectivity index (χ2v) is 4.98. The maximum atomic E-state index is 9.32. The number of benzene rings is 1. The highest BCUT2D eigenvalue weighted by Crippen LogP contribution is 2.32. The summed E-state index contributed by atoms with van der Waals surface area (Å²) in [6, 6.07) is 9.54. The molecular weight excluding hydrogens is 308 g/mol. The van der Waals surface area contributed by atoms with Gasteiger partial charge >= 0.3 is 0 Å². The van der Waals surface area contributed by atoms with Crippen LogP contribution >= 0.6 is 15.9 Å². The minimum absolute atomic E-state index is 0.310. The van der Waals surface area contributed by atoms with Crippen LogP contribution in [0.15, 0.2) is 40.6 Å². The molecule has 94 valence electrons. The average molecular weight is 317 g/mol. The minimum Gasteiger partial charge on any atom is -0.384 e. The van der Waals surface area contributed by atoms with E-state index in [2.05, 4.69) is 37.5 Å². The lowest BCUT2D eigenvalue weighted by Crippen LogP contribution is -2.26. The van der Waals surface area contributed by atoms with Gasteiger partial charge in [-0.2, -0.15) is 5.26 Å². The fraction of sp³-hybridized carbons (Fsp3) is 0.0833.